The molecule has 0 heterocycles. The van der Waals surface area contributed by atoms with Gasteiger partial charge in [0.1, 0.15) is 11.6 Å². The molecule has 0 aliphatic heterocycles. The van der Waals surface area contributed by atoms with Gasteiger partial charge in [0.2, 0.25) is 11.8 Å². The molecular weight excluding hydrogens is 512 g/mol. The fourth-order valence-corrected chi connectivity index (χ4v) is 3.31. The van der Waals surface area contributed by atoms with Crippen LogP contribution in [0.1, 0.15) is 51.9 Å². The van der Waals surface area contributed by atoms with Gasteiger partial charge in [-0.25, -0.2) is 0 Å². The zero-order chi connectivity index (χ0) is 29.0. The molecule has 0 aromatic heterocycles. The second-order valence-electron chi connectivity index (χ2n) is 8.96. The molecule has 0 saturated heterocycles. The van der Waals surface area contributed by atoms with Crippen LogP contribution >= 0.6 is 0 Å². The van der Waals surface area contributed by atoms with Crippen molar-refractivity contribution in [1.82, 2.24) is 10.6 Å². The van der Waals surface area contributed by atoms with E-state index in [2.05, 4.69) is 10.6 Å². The molecule has 0 spiro atoms. The van der Waals surface area contributed by atoms with Crippen LogP contribution in [-0.2, 0) is 47.6 Å². The number of ketones is 2. The number of carbonyl (C=O) groups excluding carboxylic acids is 4. The highest BCUT2D eigenvalue weighted by Crippen LogP contribution is 2.15. The van der Waals surface area contributed by atoms with Crippen molar-refractivity contribution in [2.24, 2.45) is 5.92 Å². The maximum atomic E-state index is 12.7. The third kappa shape index (κ3) is 26.0. The molecule has 39 heavy (non-hydrogen) atoms. The average Bonchev–Trinajstić information content (AvgIpc) is 2.91. The Labute approximate surface area is 233 Å². The number of carbonyl (C=O) groups is 4. The van der Waals surface area contributed by atoms with Crippen molar-refractivity contribution in [3.05, 3.63) is 0 Å². The van der Waals surface area contributed by atoms with Gasteiger partial charge in [0.05, 0.1) is 66.1 Å². The zero-order valence-corrected chi connectivity index (χ0v) is 24.1. The van der Waals surface area contributed by atoms with E-state index in [1.165, 1.54) is 14.0 Å². The van der Waals surface area contributed by atoms with Crippen molar-refractivity contribution in [3.63, 3.8) is 0 Å². The molecule has 2 amide bonds. The van der Waals surface area contributed by atoms with Crippen LogP contribution in [-0.4, -0.2) is 117 Å². The van der Waals surface area contributed by atoms with Gasteiger partial charge in [0.15, 0.2) is 0 Å². The van der Waals surface area contributed by atoms with Crippen molar-refractivity contribution in [3.8, 4) is 0 Å². The van der Waals surface area contributed by atoms with Crippen molar-refractivity contribution >= 4 is 23.4 Å². The number of ether oxygens (including phenoxy) is 6. The largest absolute Gasteiger partial charge is 0.384 e. The SMILES string of the molecule is COCCC(=O)C[C@@H](CCCCNC(=O)CCOC)C(=O)NCCOCCOCCOCCOCCC(C)=O. The molecule has 1 atom stereocenters. The lowest BCUT2D eigenvalue weighted by atomic mass is 9.94. The van der Waals surface area contributed by atoms with Crippen LogP contribution in [0.5, 0.6) is 0 Å². The first-order valence-corrected chi connectivity index (χ1v) is 13.7. The molecule has 12 nitrogen and oxygen atoms in total. The molecule has 0 rings (SSSR count). The monoisotopic (exact) mass is 562 g/mol. The van der Waals surface area contributed by atoms with E-state index >= 15 is 0 Å². The molecule has 2 N–H and O–H groups in total. The topological polar surface area (TPSA) is 148 Å². The van der Waals surface area contributed by atoms with Gasteiger partial charge in [-0.1, -0.05) is 6.42 Å². The molecule has 0 saturated carbocycles. The maximum absolute atomic E-state index is 12.7. The lowest BCUT2D eigenvalue weighted by molar-refractivity contribution is -0.130. The Balaban J connectivity index is 3.97. The van der Waals surface area contributed by atoms with E-state index < -0.39 is 5.92 Å². The first kappa shape index (κ1) is 37.0. The van der Waals surface area contributed by atoms with E-state index in [1.807, 2.05) is 0 Å². The Kier molecular flexibility index (Phi) is 26.2. The van der Waals surface area contributed by atoms with Gasteiger partial charge in [-0.05, 0) is 19.8 Å². The summed E-state index contributed by atoms with van der Waals surface area (Å²) in [5, 5.41) is 5.67. The van der Waals surface area contributed by atoms with Crippen LogP contribution in [0.15, 0.2) is 0 Å². The van der Waals surface area contributed by atoms with Crippen LogP contribution in [0.2, 0.25) is 0 Å². The molecule has 0 aromatic carbocycles. The number of amides is 2. The molecule has 0 aliphatic rings. The summed E-state index contributed by atoms with van der Waals surface area (Å²) in [6.07, 6.45) is 3.16. The summed E-state index contributed by atoms with van der Waals surface area (Å²) in [7, 11) is 3.08. The number of nitrogens with one attached hydrogen (secondary N) is 2. The minimum Gasteiger partial charge on any atom is -0.384 e. The number of hydrogen-bond donors (Lipinski definition) is 2. The van der Waals surface area contributed by atoms with Crippen molar-refractivity contribution < 1.29 is 47.6 Å². The predicted molar refractivity (Wildman–Crippen MR) is 145 cm³/mol. The van der Waals surface area contributed by atoms with Gasteiger partial charge in [-0.15, -0.1) is 0 Å². The smallest absolute Gasteiger partial charge is 0.223 e. The number of rotatable bonds is 29. The summed E-state index contributed by atoms with van der Waals surface area (Å²) in [4.78, 5) is 47.3. The molecular formula is C27H50N2O10. The number of methoxy groups -OCH3 is 2. The van der Waals surface area contributed by atoms with E-state index in [-0.39, 0.29) is 36.2 Å². The predicted octanol–water partition coefficient (Wildman–Crippen LogP) is 1.08. The Morgan fingerprint density at radius 1 is 0.615 bits per heavy atom. The Morgan fingerprint density at radius 2 is 1.18 bits per heavy atom. The van der Waals surface area contributed by atoms with E-state index in [4.69, 9.17) is 28.4 Å². The summed E-state index contributed by atoms with van der Waals surface area (Å²) >= 11 is 0. The minimum atomic E-state index is -0.429. The van der Waals surface area contributed by atoms with Gasteiger partial charge in [0.25, 0.3) is 0 Å². The Bertz CT molecular complexity index is 648. The standard InChI is InChI=1S/C27H50N2O10/c1-23(30)7-14-36-16-18-38-20-21-39-19-17-37-15-11-29-27(33)24(22-25(31)8-12-34-2)6-4-5-10-28-26(32)9-13-35-3/h24H,4-22H2,1-3H3,(H,28,32)(H,29,33)/t24-/m1/s1. The van der Waals surface area contributed by atoms with Gasteiger partial charge in [-0.2, -0.15) is 0 Å². The highest BCUT2D eigenvalue weighted by atomic mass is 16.6. The third-order valence-electron chi connectivity index (χ3n) is 5.52. The van der Waals surface area contributed by atoms with Gasteiger partial charge < -0.3 is 39.1 Å². The minimum absolute atomic E-state index is 0.0113. The summed E-state index contributed by atoms with van der Waals surface area (Å²) in [5.41, 5.74) is 0. The molecule has 0 fully saturated rings. The lowest BCUT2D eigenvalue weighted by Crippen LogP contribution is -2.34. The summed E-state index contributed by atoms with van der Waals surface area (Å²) in [6, 6.07) is 0. The average molecular weight is 563 g/mol. The summed E-state index contributed by atoms with van der Waals surface area (Å²) < 4.78 is 31.4. The first-order valence-electron chi connectivity index (χ1n) is 13.7. The van der Waals surface area contributed by atoms with Gasteiger partial charge in [0, 0.05) is 58.9 Å². The lowest BCUT2D eigenvalue weighted by Gasteiger charge is -2.16. The van der Waals surface area contributed by atoms with Crippen LogP contribution < -0.4 is 10.6 Å². The first-order chi connectivity index (χ1) is 18.9. The molecule has 0 bridgehead atoms. The van der Waals surface area contributed by atoms with Gasteiger partial charge in [-0.3, -0.25) is 19.2 Å². The molecule has 0 unspecified atom stereocenters. The molecule has 0 aromatic rings. The van der Waals surface area contributed by atoms with E-state index in [0.717, 1.165) is 6.42 Å². The molecule has 228 valence electrons. The summed E-state index contributed by atoms with van der Waals surface area (Å²) in [5.74, 6) is -0.576. The van der Waals surface area contributed by atoms with Gasteiger partial charge >= 0.3 is 0 Å². The fourth-order valence-electron chi connectivity index (χ4n) is 3.31. The van der Waals surface area contributed by atoms with E-state index in [0.29, 0.717) is 105 Å². The highest BCUT2D eigenvalue weighted by Gasteiger charge is 2.21. The highest BCUT2D eigenvalue weighted by molar-refractivity contribution is 5.86. The normalized spacial score (nSPS) is 11.8. The fraction of sp³-hybridized carbons (Fsp3) is 0.852. The zero-order valence-electron chi connectivity index (χ0n) is 24.1. The quantitative estimate of drug-likeness (QED) is 0.127. The second kappa shape index (κ2) is 27.6. The Hall–Kier alpha value is -1.96. The molecule has 0 aliphatic carbocycles. The molecule has 0 radical (unpaired) electrons. The van der Waals surface area contributed by atoms with Crippen LogP contribution in [0.3, 0.4) is 0 Å². The van der Waals surface area contributed by atoms with Crippen LogP contribution in [0.4, 0.5) is 0 Å². The summed E-state index contributed by atoms with van der Waals surface area (Å²) in [6.45, 7) is 6.41. The second-order valence-corrected chi connectivity index (χ2v) is 8.96. The van der Waals surface area contributed by atoms with Crippen LogP contribution in [0, 0.1) is 5.92 Å². The van der Waals surface area contributed by atoms with Crippen LogP contribution in [0.25, 0.3) is 0 Å². The van der Waals surface area contributed by atoms with E-state index in [1.54, 1.807) is 7.11 Å². The molecule has 12 heteroatoms. The number of Topliss-reactive ketones (excluding diaryl/α,β-unsaturated/α-hetero) is 2. The van der Waals surface area contributed by atoms with Crippen molar-refractivity contribution in [1.29, 1.82) is 0 Å². The third-order valence-corrected chi connectivity index (χ3v) is 5.52. The Morgan fingerprint density at radius 3 is 1.77 bits per heavy atom. The van der Waals surface area contributed by atoms with E-state index in [9.17, 15) is 19.2 Å². The van der Waals surface area contributed by atoms with Crippen molar-refractivity contribution in [2.45, 2.75) is 51.9 Å². The van der Waals surface area contributed by atoms with Crippen molar-refractivity contribution in [2.75, 3.05) is 93.4 Å². The maximum Gasteiger partial charge on any atom is 0.223 e. The number of hydrogen-bond acceptors (Lipinski definition) is 10. The number of unbranched alkanes of at least 4 members (excludes halogenated alkanes) is 1.